The average molecular weight is 352 g/mol. The van der Waals surface area contributed by atoms with Gasteiger partial charge in [-0.1, -0.05) is 18.1 Å². The van der Waals surface area contributed by atoms with Crippen molar-refractivity contribution in [2.24, 2.45) is 5.92 Å². The number of benzene rings is 1. The highest BCUT2D eigenvalue weighted by molar-refractivity contribution is 6.07. The molecule has 1 aromatic carbocycles. The fourth-order valence-corrected chi connectivity index (χ4v) is 3.36. The smallest absolute Gasteiger partial charge is 0.267 e. The molecule has 0 fully saturated rings. The molecule has 3 heterocycles. The summed E-state index contributed by atoms with van der Waals surface area (Å²) in [6, 6.07) is 9.11. The summed E-state index contributed by atoms with van der Waals surface area (Å²) in [5.41, 5.74) is 2.01. The maximum Gasteiger partial charge on any atom is 0.267 e. The first-order valence-corrected chi connectivity index (χ1v) is 8.62. The zero-order valence-electron chi connectivity index (χ0n) is 14.9. The van der Waals surface area contributed by atoms with E-state index in [1.165, 1.54) is 0 Å². The van der Waals surface area contributed by atoms with E-state index in [9.17, 15) is 9.59 Å². The van der Waals surface area contributed by atoms with Gasteiger partial charge in [-0.05, 0) is 38.0 Å². The molecule has 0 bridgehead atoms. The van der Waals surface area contributed by atoms with Crippen molar-refractivity contribution in [2.75, 3.05) is 11.9 Å². The first kappa shape index (κ1) is 16.4. The van der Waals surface area contributed by atoms with Crippen molar-refractivity contribution in [3.05, 3.63) is 47.3 Å². The SMILES string of the molecule is Cc1cc(NC(=O)c2ccc3cc4n(c3c2)[C@H](C)[C@@H](C)CNC4=O)no1. The molecule has 2 amide bonds. The molecule has 0 radical (unpaired) electrons. The fraction of sp³-hybridized carbons (Fsp3) is 0.316. The molecule has 2 atom stereocenters. The van der Waals surface area contributed by atoms with E-state index in [1.54, 1.807) is 19.1 Å². The topological polar surface area (TPSA) is 89.2 Å². The molecule has 0 spiro atoms. The number of rotatable bonds is 2. The summed E-state index contributed by atoms with van der Waals surface area (Å²) in [5, 5.41) is 10.4. The van der Waals surface area contributed by atoms with Crippen LogP contribution in [0.4, 0.5) is 5.82 Å². The summed E-state index contributed by atoms with van der Waals surface area (Å²) < 4.78 is 7.00. The summed E-state index contributed by atoms with van der Waals surface area (Å²) in [5.74, 6) is 0.937. The number of anilines is 1. The standard InChI is InChI=1S/C19H20N4O3/c1-10-9-20-19(25)16-7-13-4-5-14(8-15(13)23(16)12(10)3)18(24)21-17-6-11(2)26-22-17/h4-8,10,12H,9H2,1-3H3,(H,20,25)(H,21,22,24)/t10-,12+/m0/s1. The Labute approximate surface area is 150 Å². The van der Waals surface area contributed by atoms with Gasteiger partial charge in [-0.25, -0.2) is 0 Å². The molecular weight excluding hydrogens is 332 g/mol. The van der Waals surface area contributed by atoms with Gasteiger partial charge in [-0.3, -0.25) is 9.59 Å². The van der Waals surface area contributed by atoms with Crippen molar-refractivity contribution in [3.63, 3.8) is 0 Å². The quantitative estimate of drug-likeness (QED) is 0.741. The molecule has 0 aliphatic carbocycles. The van der Waals surface area contributed by atoms with Gasteiger partial charge in [0, 0.05) is 35.1 Å². The second kappa shape index (κ2) is 6.01. The molecule has 3 aromatic rings. The second-order valence-electron chi connectivity index (χ2n) is 6.88. The molecule has 0 saturated heterocycles. The lowest BCUT2D eigenvalue weighted by Crippen LogP contribution is -2.26. The van der Waals surface area contributed by atoms with Crippen molar-refractivity contribution in [2.45, 2.75) is 26.8 Å². The molecule has 26 heavy (non-hydrogen) atoms. The Morgan fingerprint density at radius 2 is 2.12 bits per heavy atom. The van der Waals surface area contributed by atoms with Gasteiger partial charge in [-0.15, -0.1) is 0 Å². The van der Waals surface area contributed by atoms with Gasteiger partial charge in [0.1, 0.15) is 11.5 Å². The van der Waals surface area contributed by atoms with Crippen LogP contribution >= 0.6 is 0 Å². The van der Waals surface area contributed by atoms with E-state index in [4.69, 9.17) is 4.52 Å². The Morgan fingerprint density at radius 3 is 2.85 bits per heavy atom. The molecule has 1 aliphatic heterocycles. The first-order valence-electron chi connectivity index (χ1n) is 8.62. The van der Waals surface area contributed by atoms with Gasteiger partial charge in [0.05, 0.1) is 0 Å². The number of fused-ring (bicyclic) bond motifs is 3. The minimum absolute atomic E-state index is 0.0820. The van der Waals surface area contributed by atoms with Crippen LogP contribution in [0, 0.1) is 12.8 Å². The Morgan fingerprint density at radius 1 is 1.31 bits per heavy atom. The number of amides is 2. The number of nitrogens with one attached hydrogen (secondary N) is 2. The largest absolute Gasteiger partial charge is 0.360 e. The fourth-order valence-electron chi connectivity index (χ4n) is 3.36. The summed E-state index contributed by atoms with van der Waals surface area (Å²) in [6.45, 7) is 6.60. The van der Waals surface area contributed by atoms with Gasteiger partial charge in [0.15, 0.2) is 5.82 Å². The average Bonchev–Trinajstić information content (AvgIpc) is 3.18. The number of nitrogens with zero attached hydrogens (tertiary/aromatic N) is 2. The highest BCUT2D eigenvalue weighted by Crippen LogP contribution is 2.30. The highest BCUT2D eigenvalue weighted by atomic mass is 16.5. The van der Waals surface area contributed by atoms with E-state index in [1.807, 2.05) is 22.8 Å². The third kappa shape index (κ3) is 2.65. The van der Waals surface area contributed by atoms with Crippen LogP contribution in [-0.4, -0.2) is 28.1 Å². The predicted octanol–water partition coefficient (Wildman–Crippen LogP) is 3.13. The monoisotopic (exact) mass is 352 g/mol. The van der Waals surface area contributed by atoms with Crippen molar-refractivity contribution in [3.8, 4) is 0 Å². The molecule has 2 N–H and O–H groups in total. The molecule has 7 heteroatoms. The van der Waals surface area contributed by atoms with Crippen molar-refractivity contribution in [1.29, 1.82) is 0 Å². The first-order chi connectivity index (χ1) is 12.4. The van der Waals surface area contributed by atoms with Crippen LogP contribution in [0.3, 0.4) is 0 Å². The number of aryl methyl sites for hydroxylation is 1. The maximum absolute atomic E-state index is 12.6. The van der Waals surface area contributed by atoms with Gasteiger partial charge in [0.2, 0.25) is 0 Å². The molecule has 7 nitrogen and oxygen atoms in total. The van der Waals surface area contributed by atoms with E-state index < -0.39 is 0 Å². The third-order valence-corrected chi connectivity index (χ3v) is 5.02. The molecular formula is C19H20N4O3. The molecule has 2 aromatic heterocycles. The van der Waals surface area contributed by atoms with E-state index in [2.05, 4.69) is 29.6 Å². The Bertz CT molecular complexity index is 1020. The number of carbonyl (C=O) groups excluding carboxylic acids is 2. The van der Waals surface area contributed by atoms with Crippen LogP contribution in [0.15, 0.2) is 34.9 Å². The molecule has 134 valence electrons. The molecule has 0 saturated carbocycles. The lowest BCUT2D eigenvalue weighted by molar-refractivity contribution is 0.0948. The van der Waals surface area contributed by atoms with Crippen LogP contribution < -0.4 is 10.6 Å². The van der Waals surface area contributed by atoms with Crippen LogP contribution in [0.25, 0.3) is 10.9 Å². The lowest BCUT2D eigenvalue weighted by Gasteiger charge is -2.20. The minimum Gasteiger partial charge on any atom is -0.360 e. The normalized spacial score (nSPS) is 19.7. The zero-order valence-corrected chi connectivity index (χ0v) is 14.9. The Balaban J connectivity index is 1.76. The Hall–Kier alpha value is -3.09. The third-order valence-electron chi connectivity index (χ3n) is 5.02. The van der Waals surface area contributed by atoms with Crippen LogP contribution in [0.5, 0.6) is 0 Å². The zero-order chi connectivity index (χ0) is 18.4. The van der Waals surface area contributed by atoms with Crippen LogP contribution in [0.2, 0.25) is 0 Å². The Kier molecular flexibility index (Phi) is 3.79. The van der Waals surface area contributed by atoms with Gasteiger partial charge < -0.3 is 19.7 Å². The molecule has 4 rings (SSSR count). The van der Waals surface area contributed by atoms with E-state index in [0.717, 1.165) is 10.9 Å². The van der Waals surface area contributed by atoms with E-state index >= 15 is 0 Å². The lowest BCUT2D eigenvalue weighted by atomic mass is 10.0. The summed E-state index contributed by atoms with van der Waals surface area (Å²) >= 11 is 0. The summed E-state index contributed by atoms with van der Waals surface area (Å²) in [4.78, 5) is 25.0. The number of hydrogen-bond donors (Lipinski definition) is 2. The molecule has 0 unspecified atom stereocenters. The van der Waals surface area contributed by atoms with Gasteiger partial charge in [0.25, 0.3) is 11.8 Å². The van der Waals surface area contributed by atoms with E-state index in [-0.39, 0.29) is 23.8 Å². The number of hydrogen-bond acceptors (Lipinski definition) is 4. The van der Waals surface area contributed by atoms with E-state index in [0.29, 0.717) is 29.4 Å². The number of carbonyl (C=O) groups is 2. The predicted molar refractivity (Wildman–Crippen MR) is 97.3 cm³/mol. The summed E-state index contributed by atoms with van der Waals surface area (Å²) in [7, 11) is 0. The van der Waals surface area contributed by atoms with Gasteiger partial charge in [-0.2, -0.15) is 0 Å². The van der Waals surface area contributed by atoms with Crippen molar-refractivity contribution in [1.82, 2.24) is 15.0 Å². The number of aromatic nitrogens is 2. The van der Waals surface area contributed by atoms with Gasteiger partial charge >= 0.3 is 0 Å². The minimum atomic E-state index is -0.269. The van der Waals surface area contributed by atoms with Crippen LogP contribution in [0.1, 0.15) is 46.5 Å². The highest BCUT2D eigenvalue weighted by Gasteiger charge is 2.27. The van der Waals surface area contributed by atoms with Crippen molar-refractivity contribution >= 4 is 28.5 Å². The second-order valence-corrected chi connectivity index (χ2v) is 6.88. The maximum atomic E-state index is 12.6. The van der Waals surface area contributed by atoms with Crippen LogP contribution in [-0.2, 0) is 0 Å². The summed E-state index contributed by atoms with van der Waals surface area (Å²) in [6.07, 6.45) is 0. The molecule has 1 aliphatic rings. The van der Waals surface area contributed by atoms with Crippen molar-refractivity contribution < 1.29 is 14.1 Å².